The first kappa shape index (κ1) is 20.6. The zero-order valence-corrected chi connectivity index (χ0v) is 18.7. The molecule has 0 unspecified atom stereocenters. The second-order valence-corrected chi connectivity index (χ2v) is 9.33. The van der Waals surface area contributed by atoms with E-state index in [2.05, 4.69) is 0 Å². The van der Waals surface area contributed by atoms with Gasteiger partial charge in [-0.05, 0) is 68.3 Å². The van der Waals surface area contributed by atoms with Crippen molar-refractivity contribution in [3.8, 4) is 0 Å². The standard InChI is InChI=1S/C24H23ClN2O2S/c1-15-14-22(27(17(3)28)19-11-9-18(25)10-12-19)20-6-4-5-7-21(20)26(15)24(29)23-13-8-16(2)30-23/h4-13,15,22H,14H2,1-3H3/t15-,22+/m0/s1. The molecule has 2 aromatic carbocycles. The average molecular weight is 439 g/mol. The van der Waals surface area contributed by atoms with Crippen LogP contribution < -0.4 is 9.80 Å². The molecule has 1 aliphatic heterocycles. The first-order chi connectivity index (χ1) is 14.4. The van der Waals surface area contributed by atoms with Crippen LogP contribution in [0, 0.1) is 6.92 Å². The van der Waals surface area contributed by atoms with Crippen molar-refractivity contribution in [2.45, 2.75) is 39.3 Å². The second kappa shape index (κ2) is 8.25. The van der Waals surface area contributed by atoms with E-state index in [4.69, 9.17) is 11.6 Å². The average Bonchev–Trinajstić information content (AvgIpc) is 3.15. The molecule has 1 aliphatic rings. The number of hydrogen-bond acceptors (Lipinski definition) is 3. The molecule has 0 saturated carbocycles. The first-order valence-corrected chi connectivity index (χ1v) is 11.1. The minimum absolute atomic E-state index is 0.00682. The molecule has 2 amide bonds. The van der Waals surface area contributed by atoms with Crippen molar-refractivity contribution in [3.05, 3.63) is 81.0 Å². The van der Waals surface area contributed by atoms with Gasteiger partial charge >= 0.3 is 0 Å². The lowest BCUT2D eigenvalue weighted by molar-refractivity contribution is -0.117. The van der Waals surface area contributed by atoms with Crippen LogP contribution in [0.25, 0.3) is 0 Å². The van der Waals surface area contributed by atoms with E-state index in [-0.39, 0.29) is 23.9 Å². The zero-order valence-electron chi connectivity index (χ0n) is 17.1. The van der Waals surface area contributed by atoms with Crippen molar-refractivity contribution in [2.24, 2.45) is 0 Å². The summed E-state index contributed by atoms with van der Waals surface area (Å²) in [6.45, 7) is 5.62. The molecule has 30 heavy (non-hydrogen) atoms. The van der Waals surface area contributed by atoms with E-state index in [1.807, 2.05) is 72.2 Å². The fourth-order valence-electron chi connectivity index (χ4n) is 4.19. The molecule has 1 aromatic heterocycles. The van der Waals surface area contributed by atoms with Crippen LogP contribution in [-0.2, 0) is 4.79 Å². The number of nitrogens with zero attached hydrogens (tertiary/aromatic N) is 2. The van der Waals surface area contributed by atoms with Gasteiger partial charge in [0.1, 0.15) is 0 Å². The Balaban J connectivity index is 1.78. The van der Waals surface area contributed by atoms with Crippen molar-refractivity contribution in [3.63, 3.8) is 0 Å². The van der Waals surface area contributed by atoms with E-state index in [1.54, 1.807) is 19.1 Å². The Morgan fingerprint density at radius 3 is 2.40 bits per heavy atom. The summed E-state index contributed by atoms with van der Waals surface area (Å²) < 4.78 is 0. The van der Waals surface area contributed by atoms with Crippen LogP contribution in [0.2, 0.25) is 5.02 Å². The van der Waals surface area contributed by atoms with Crippen LogP contribution in [0.4, 0.5) is 11.4 Å². The van der Waals surface area contributed by atoms with Gasteiger partial charge in [0.15, 0.2) is 0 Å². The third-order valence-electron chi connectivity index (χ3n) is 5.49. The lowest BCUT2D eigenvalue weighted by Gasteiger charge is -2.43. The van der Waals surface area contributed by atoms with E-state index >= 15 is 0 Å². The van der Waals surface area contributed by atoms with Gasteiger partial charge in [-0.1, -0.05) is 29.8 Å². The SMILES string of the molecule is CC(=O)N(c1ccc(Cl)cc1)[C@@H]1C[C@H](C)N(C(=O)c2ccc(C)s2)c2ccccc21. The Morgan fingerprint density at radius 2 is 1.77 bits per heavy atom. The summed E-state index contributed by atoms with van der Waals surface area (Å²) in [5.41, 5.74) is 2.63. The third-order valence-corrected chi connectivity index (χ3v) is 6.73. The van der Waals surface area contributed by atoms with E-state index in [0.717, 1.165) is 26.7 Å². The minimum atomic E-state index is -0.163. The van der Waals surface area contributed by atoms with Gasteiger partial charge in [0.25, 0.3) is 5.91 Å². The minimum Gasteiger partial charge on any atom is -0.305 e. The van der Waals surface area contributed by atoms with Crippen LogP contribution in [0.15, 0.2) is 60.7 Å². The third kappa shape index (κ3) is 3.75. The zero-order chi connectivity index (χ0) is 21.4. The fraction of sp³-hybridized carbons (Fsp3) is 0.250. The quantitative estimate of drug-likeness (QED) is 0.485. The summed E-state index contributed by atoms with van der Waals surface area (Å²) >= 11 is 7.56. The van der Waals surface area contributed by atoms with Crippen molar-refractivity contribution < 1.29 is 9.59 Å². The van der Waals surface area contributed by atoms with Crippen molar-refractivity contribution in [1.82, 2.24) is 0 Å². The molecule has 6 heteroatoms. The number of rotatable bonds is 3. The predicted octanol–water partition coefficient (Wildman–Crippen LogP) is 6.24. The molecule has 0 aliphatic carbocycles. The molecule has 0 N–H and O–H groups in total. The number of amides is 2. The van der Waals surface area contributed by atoms with Gasteiger partial charge in [0.2, 0.25) is 5.91 Å². The summed E-state index contributed by atoms with van der Waals surface area (Å²) in [5.74, 6) is -0.0367. The summed E-state index contributed by atoms with van der Waals surface area (Å²) in [6.07, 6.45) is 0.648. The maximum Gasteiger partial charge on any atom is 0.268 e. The van der Waals surface area contributed by atoms with Crippen LogP contribution in [0.5, 0.6) is 0 Å². The summed E-state index contributed by atoms with van der Waals surface area (Å²) in [7, 11) is 0. The Labute approximate surface area is 185 Å². The van der Waals surface area contributed by atoms with Gasteiger partial charge < -0.3 is 9.80 Å². The molecule has 154 valence electrons. The number of aryl methyl sites for hydroxylation is 1. The van der Waals surface area contributed by atoms with E-state index in [9.17, 15) is 9.59 Å². The first-order valence-electron chi connectivity index (χ1n) is 9.91. The number of benzene rings is 2. The predicted molar refractivity (Wildman–Crippen MR) is 124 cm³/mol. The van der Waals surface area contributed by atoms with Crippen molar-refractivity contribution >= 4 is 46.1 Å². The van der Waals surface area contributed by atoms with Gasteiger partial charge in [-0.2, -0.15) is 0 Å². The summed E-state index contributed by atoms with van der Waals surface area (Å²) in [4.78, 5) is 31.6. The smallest absolute Gasteiger partial charge is 0.268 e. The van der Waals surface area contributed by atoms with Crippen LogP contribution in [0.3, 0.4) is 0 Å². The van der Waals surface area contributed by atoms with Crippen molar-refractivity contribution in [2.75, 3.05) is 9.80 Å². The summed E-state index contributed by atoms with van der Waals surface area (Å²) in [6, 6.07) is 18.8. The number of carbonyl (C=O) groups excluding carboxylic acids is 2. The number of para-hydroxylation sites is 1. The molecule has 0 spiro atoms. The van der Waals surface area contributed by atoms with Gasteiger partial charge in [0.05, 0.1) is 10.9 Å². The van der Waals surface area contributed by atoms with Crippen LogP contribution in [0.1, 0.15) is 46.4 Å². The van der Waals surface area contributed by atoms with Crippen LogP contribution >= 0.6 is 22.9 Å². The maximum atomic E-state index is 13.3. The molecule has 3 aromatic rings. The summed E-state index contributed by atoms with van der Waals surface area (Å²) in [5, 5.41) is 0.627. The second-order valence-electron chi connectivity index (χ2n) is 7.61. The monoisotopic (exact) mass is 438 g/mol. The highest BCUT2D eigenvalue weighted by molar-refractivity contribution is 7.14. The fourth-order valence-corrected chi connectivity index (χ4v) is 5.12. The van der Waals surface area contributed by atoms with Gasteiger partial charge in [-0.3, -0.25) is 9.59 Å². The van der Waals surface area contributed by atoms with E-state index in [1.165, 1.54) is 11.3 Å². The highest BCUT2D eigenvalue weighted by Crippen LogP contribution is 2.43. The molecule has 0 bridgehead atoms. The lowest BCUT2D eigenvalue weighted by Crippen LogP contribution is -2.47. The van der Waals surface area contributed by atoms with Crippen LogP contribution in [-0.4, -0.2) is 17.9 Å². The van der Waals surface area contributed by atoms with E-state index < -0.39 is 0 Å². The van der Waals surface area contributed by atoms with Crippen molar-refractivity contribution in [1.29, 1.82) is 0 Å². The Kier molecular flexibility index (Phi) is 5.67. The molecule has 2 heterocycles. The van der Waals surface area contributed by atoms with Gasteiger partial charge in [-0.15, -0.1) is 11.3 Å². The molecule has 0 radical (unpaired) electrons. The lowest BCUT2D eigenvalue weighted by atomic mass is 9.89. The van der Waals surface area contributed by atoms with E-state index in [0.29, 0.717) is 11.4 Å². The Hall–Kier alpha value is -2.63. The number of hydrogen-bond donors (Lipinski definition) is 0. The number of fused-ring (bicyclic) bond motifs is 1. The molecule has 2 atom stereocenters. The highest BCUT2D eigenvalue weighted by Gasteiger charge is 2.38. The molecular formula is C24H23ClN2O2S. The number of thiophene rings is 1. The Bertz CT molecular complexity index is 1090. The topological polar surface area (TPSA) is 40.6 Å². The van der Waals surface area contributed by atoms with Gasteiger partial charge in [0, 0.05) is 34.2 Å². The molecule has 0 saturated heterocycles. The number of anilines is 2. The molecule has 4 nitrogen and oxygen atoms in total. The normalized spacial score (nSPS) is 18.1. The maximum absolute atomic E-state index is 13.3. The Morgan fingerprint density at radius 1 is 1.07 bits per heavy atom. The molecule has 0 fully saturated rings. The number of carbonyl (C=O) groups is 2. The highest BCUT2D eigenvalue weighted by atomic mass is 35.5. The largest absolute Gasteiger partial charge is 0.305 e. The molecule has 4 rings (SSSR count). The molecular weight excluding hydrogens is 416 g/mol. The van der Waals surface area contributed by atoms with Gasteiger partial charge in [-0.25, -0.2) is 0 Å². The number of halogens is 1.